The van der Waals surface area contributed by atoms with E-state index in [1.54, 1.807) is 18.2 Å². The van der Waals surface area contributed by atoms with Crippen molar-refractivity contribution in [3.63, 3.8) is 0 Å². The zero-order valence-electron chi connectivity index (χ0n) is 11.1. The molecule has 2 aromatic rings. The Labute approximate surface area is 121 Å². The van der Waals surface area contributed by atoms with Crippen LogP contribution in [0.4, 0.5) is 8.78 Å². The first-order chi connectivity index (χ1) is 9.84. The van der Waals surface area contributed by atoms with E-state index in [0.29, 0.717) is 6.07 Å². The van der Waals surface area contributed by atoms with Crippen LogP contribution in [0.2, 0.25) is 0 Å². The lowest BCUT2D eigenvalue weighted by molar-refractivity contribution is 0.0991. The third-order valence-corrected chi connectivity index (χ3v) is 5.18. The van der Waals surface area contributed by atoms with E-state index in [-0.39, 0.29) is 5.56 Å². The number of halogens is 2. The molecule has 0 spiro atoms. The minimum Gasteiger partial charge on any atom is -0.293 e. The van der Waals surface area contributed by atoms with E-state index in [2.05, 4.69) is 0 Å². The van der Waals surface area contributed by atoms with Crippen molar-refractivity contribution < 1.29 is 22.0 Å². The molecule has 0 aliphatic heterocycles. The van der Waals surface area contributed by atoms with Gasteiger partial charge < -0.3 is 0 Å². The zero-order chi connectivity index (χ0) is 15.6. The molecule has 0 saturated carbocycles. The third-order valence-electron chi connectivity index (χ3n) is 3.09. The number of sulfone groups is 1. The molecule has 2 rings (SSSR count). The number of ketones is 1. The molecule has 2 aromatic carbocycles. The summed E-state index contributed by atoms with van der Waals surface area (Å²) < 4.78 is 51.1. The molecule has 0 fully saturated rings. The Morgan fingerprint density at radius 3 is 2.24 bits per heavy atom. The summed E-state index contributed by atoms with van der Waals surface area (Å²) in [5.41, 5.74) is 0.219. The Hall–Kier alpha value is -2.08. The van der Waals surface area contributed by atoms with Crippen molar-refractivity contribution >= 4 is 15.6 Å². The number of rotatable bonds is 4. The fraction of sp³-hybridized carbons (Fsp3) is 0.133. The number of hydrogen-bond donors (Lipinski definition) is 0. The maximum Gasteiger partial charge on any atom is 0.191 e. The minimum atomic E-state index is -4.23. The second kappa shape index (κ2) is 5.73. The third kappa shape index (κ3) is 3.00. The molecule has 0 bridgehead atoms. The molecule has 0 amide bonds. The summed E-state index contributed by atoms with van der Waals surface area (Å²) in [5, 5.41) is -1.46. The van der Waals surface area contributed by atoms with E-state index < -0.39 is 37.4 Å². The van der Waals surface area contributed by atoms with E-state index in [0.717, 1.165) is 12.1 Å². The summed E-state index contributed by atoms with van der Waals surface area (Å²) in [6, 6.07) is 10.0. The van der Waals surface area contributed by atoms with Gasteiger partial charge in [-0.1, -0.05) is 30.3 Å². The smallest absolute Gasteiger partial charge is 0.191 e. The highest BCUT2D eigenvalue weighted by atomic mass is 32.2. The van der Waals surface area contributed by atoms with Gasteiger partial charge in [0, 0.05) is 11.6 Å². The number of Topliss-reactive ketones (excluding diaryl/α,β-unsaturated/α-hetero) is 1. The van der Waals surface area contributed by atoms with Crippen LogP contribution in [0.25, 0.3) is 0 Å². The SMILES string of the molecule is CC(C(=O)c1ccccc1)S(=O)(=O)c1ccc(F)cc1F. The second-order valence-electron chi connectivity index (χ2n) is 4.49. The Morgan fingerprint density at radius 1 is 1.05 bits per heavy atom. The number of carbonyl (C=O) groups is 1. The lowest BCUT2D eigenvalue weighted by Gasteiger charge is -2.12. The first-order valence-corrected chi connectivity index (χ1v) is 7.67. The lowest BCUT2D eigenvalue weighted by atomic mass is 10.1. The molecule has 0 radical (unpaired) electrons. The summed E-state index contributed by atoms with van der Waals surface area (Å²) in [5.74, 6) is -2.73. The van der Waals surface area contributed by atoms with Gasteiger partial charge in [-0.25, -0.2) is 17.2 Å². The van der Waals surface area contributed by atoms with Crippen molar-refractivity contribution in [2.45, 2.75) is 17.1 Å². The Kier molecular flexibility index (Phi) is 4.18. The van der Waals surface area contributed by atoms with Gasteiger partial charge in [0.2, 0.25) is 0 Å². The van der Waals surface area contributed by atoms with E-state index in [1.165, 1.54) is 19.1 Å². The van der Waals surface area contributed by atoms with E-state index in [9.17, 15) is 22.0 Å². The molecule has 0 aromatic heterocycles. The molecular formula is C15H12F2O3S. The van der Waals surface area contributed by atoms with E-state index >= 15 is 0 Å². The van der Waals surface area contributed by atoms with Gasteiger partial charge in [0.25, 0.3) is 0 Å². The molecule has 110 valence electrons. The molecule has 6 heteroatoms. The van der Waals surface area contributed by atoms with Crippen molar-refractivity contribution in [2.24, 2.45) is 0 Å². The van der Waals surface area contributed by atoms with Crippen LogP contribution in [0.1, 0.15) is 17.3 Å². The van der Waals surface area contributed by atoms with Gasteiger partial charge in [0.15, 0.2) is 15.6 Å². The largest absolute Gasteiger partial charge is 0.293 e. The van der Waals surface area contributed by atoms with Crippen LogP contribution in [-0.2, 0) is 9.84 Å². The molecule has 0 N–H and O–H groups in total. The average molecular weight is 310 g/mol. The molecule has 1 atom stereocenters. The fourth-order valence-electron chi connectivity index (χ4n) is 1.87. The zero-order valence-corrected chi connectivity index (χ0v) is 11.9. The Balaban J connectivity index is 2.42. The molecule has 1 unspecified atom stereocenters. The summed E-state index contributed by atoms with van der Waals surface area (Å²) in [7, 11) is -4.23. The Morgan fingerprint density at radius 2 is 1.67 bits per heavy atom. The van der Waals surface area contributed by atoms with Crippen molar-refractivity contribution in [1.82, 2.24) is 0 Å². The van der Waals surface area contributed by atoms with Crippen LogP contribution in [0.15, 0.2) is 53.4 Å². The monoisotopic (exact) mass is 310 g/mol. The average Bonchev–Trinajstić information content (AvgIpc) is 2.46. The van der Waals surface area contributed by atoms with Gasteiger partial charge in [-0.15, -0.1) is 0 Å². The van der Waals surface area contributed by atoms with E-state index in [1.807, 2.05) is 0 Å². The van der Waals surface area contributed by atoms with Gasteiger partial charge in [-0.3, -0.25) is 4.79 Å². The minimum absolute atomic E-state index is 0.219. The molecule has 0 aliphatic rings. The van der Waals surface area contributed by atoms with Gasteiger partial charge in [-0.05, 0) is 19.1 Å². The molecular weight excluding hydrogens is 298 g/mol. The van der Waals surface area contributed by atoms with Crippen LogP contribution in [-0.4, -0.2) is 19.5 Å². The van der Waals surface area contributed by atoms with Crippen molar-refractivity contribution in [3.8, 4) is 0 Å². The van der Waals surface area contributed by atoms with Crippen molar-refractivity contribution in [2.75, 3.05) is 0 Å². The molecule has 21 heavy (non-hydrogen) atoms. The van der Waals surface area contributed by atoms with Gasteiger partial charge in [0.1, 0.15) is 21.8 Å². The molecule has 0 heterocycles. The van der Waals surface area contributed by atoms with Crippen LogP contribution in [0.5, 0.6) is 0 Å². The summed E-state index contributed by atoms with van der Waals surface area (Å²) in [6.07, 6.45) is 0. The molecule has 0 saturated heterocycles. The van der Waals surface area contributed by atoms with Crippen LogP contribution < -0.4 is 0 Å². The van der Waals surface area contributed by atoms with Gasteiger partial charge in [-0.2, -0.15) is 0 Å². The normalized spacial score (nSPS) is 12.9. The highest BCUT2D eigenvalue weighted by molar-refractivity contribution is 7.92. The topological polar surface area (TPSA) is 51.2 Å². The lowest BCUT2D eigenvalue weighted by Crippen LogP contribution is -2.28. The summed E-state index contributed by atoms with van der Waals surface area (Å²) >= 11 is 0. The van der Waals surface area contributed by atoms with Crippen LogP contribution in [0, 0.1) is 11.6 Å². The summed E-state index contributed by atoms with van der Waals surface area (Å²) in [6.45, 7) is 1.19. The fourth-order valence-corrected chi connectivity index (χ4v) is 3.26. The van der Waals surface area contributed by atoms with Crippen LogP contribution >= 0.6 is 0 Å². The summed E-state index contributed by atoms with van der Waals surface area (Å²) in [4.78, 5) is 11.5. The Bertz CT molecular complexity index is 771. The van der Waals surface area contributed by atoms with Gasteiger partial charge >= 0.3 is 0 Å². The van der Waals surface area contributed by atoms with E-state index in [4.69, 9.17) is 0 Å². The molecule has 3 nitrogen and oxygen atoms in total. The second-order valence-corrected chi connectivity index (χ2v) is 6.73. The predicted octanol–water partition coefficient (Wildman–Crippen LogP) is 3.01. The van der Waals surface area contributed by atoms with Gasteiger partial charge in [0.05, 0.1) is 0 Å². The highest BCUT2D eigenvalue weighted by Gasteiger charge is 2.32. The standard InChI is InChI=1S/C15H12F2O3S/c1-10(15(18)11-5-3-2-4-6-11)21(19,20)14-8-7-12(16)9-13(14)17/h2-10H,1H3. The first-order valence-electron chi connectivity index (χ1n) is 6.12. The van der Waals surface area contributed by atoms with Crippen molar-refractivity contribution in [3.05, 3.63) is 65.7 Å². The quantitative estimate of drug-likeness (QED) is 0.644. The van der Waals surface area contributed by atoms with Crippen LogP contribution in [0.3, 0.4) is 0 Å². The predicted molar refractivity (Wildman–Crippen MR) is 73.8 cm³/mol. The maximum absolute atomic E-state index is 13.6. The first kappa shape index (κ1) is 15.3. The number of benzene rings is 2. The van der Waals surface area contributed by atoms with Crippen molar-refractivity contribution in [1.29, 1.82) is 0 Å². The molecule has 0 aliphatic carbocycles. The maximum atomic E-state index is 13.6. The highest BCUT2D eigenvalue weighted by Crippen LogP contribution is 2.22. The number of hydrogen-bond acceptors (Lipinski definition) is 3. The number of carbonyl (C=O) groups excluding carboxylic acids is 1.